The second-order valence-corrected chi connectivity index (χ2v) is 5.69. The Morgan fingerprint density at radius 3 is 2.55 bits per heavy atom. The molecule has 0 aliphatic rings. The van der Waals surface area contributed by atoms with Gasteiger partial charge in [-0.3, -0.25) is 0 Å². The van der Waals surface area contributed by atoms with Crippen molar-refractivity contribution in [2.45, 2.75) is 52.2 Å². The van der Waals surface area contributed by atoms with E-state index >= 15 is 0 Å². The van der Waals surface area contributed by atoms with Crippen LogP contribution in [0.4, 0.5) is 13.6 Å². The predicted molar refractivity (Wildman–Crippen MR) is 73.5 cm³/mol. The molecule has 0 heterocycles. The van der Waals surface area contributed by atoms with Crippen molar-refractivity contribution in [1.29, 1.82) is 0 Å². The molecule has 1 aromatic rings. The van der Waals surface area contributed by atoms with Gasteiger partial charge in [0.2, 0.25) is 0 Å². The van der Waals surface area contributed by atoms with E-state index in [-0.39, 0.29) is 18.0 Å². The lowest BCUT2D eigenvalue weighted by Crippen LogP contribution is -2.40. The zero-order valence-corrected chi connectivity index (χ0v) is 12.3. The van der Waals surface area contributed by atoms with Crippen LogP contribution in [0.25, 0.3) is 0 Å². The molecule has 0 radical (unpaired) electrons. The van der Waals surface area contributed by atoms with E-state index in [0.29, 0.717) is 6.42 Å². The average Bonchev–Trinajstić information content (AvgIpc) is 2.30. The van der Waals surface area contributed by atoms with Crippen molar-refractivity contribution in [3.05, 3.63) is 35.4 Å². The summed E-state index contributed by atoms with van der Waals surface area (Å²) in [5, 5.41) is 2.67. The van der Waals surface area contributed by atoms with E-state index in [1.807, 2.05) is 6.92 Å². The maximum absolute atomic E-state index is 13.6. The van der Waals surface area contributed by atoms with Crippen LogP contribution in [0, 0.1) is 11.6 Å². The summed E-state index contributed by atoms with van der Waals surface area (Å²) in [5.41, 5.74) is -0.347. The maximum atomic E-state index is 13.6. The van der Waals surface area contributed by atoms with Crippen molar-refractivity contribution in [2.24, 2.45) is 0 Å². The van der Waals surface area contributed by atoms with Gasteiger partial charge in [0.05, 0.1) is 0 Å². The molecule has 1 amide bonds. The Bertz CT molecular complexity index is 469. The molecule has 1 N–H and O–H groups in total. The molecule has 0 aromatic heterocycles. The number of carbonyl (C=O) groups is 1. The van der Waals surface area contributed by atoms with Crippen molar-refractivity contribution in [2.75, 3.05) is 0 Å². The molecule has 0 fully saturated rings. The number of ether oxygens (including phenoxy) is 1. The quantitative estimate of drug-likeness (QED) is 0.913. The third kappa shape index (κ3) is 5.55. The Labute approximate surface area is 118 Å². The first-order valence-corrected chi connectivity index (χ1v) is 6.64. The Morgan fingerprint density at radius 2 is 2.00 bits per heavy atom. The number of carbonyl (C=O) groups excluding carboxylic acids is 1. The second kappa shape index (κ2) is 6.68. The molecule has 0 aliphatic carbocycles. The summed E-state index contributed by atoms with van der Waals surface area (Å²) in [7, 11) is 0. The Kier molecular flexibility index (Phi) is 5.48. The zero-order valence-electron chi connectivity index (χ0n) is 12.3. The van der Waals surface area contributed by atoms with Crippen molar-refractivity contribution < 1.29 is 18.3 Å². The molecule has 0 saturated heterocycles. The fraction of sp³-hybridized carbons (Fsp3) is 0.533. The van der Waals surface area contributed by atoms with Gasteiger partial charge in [0.1, 0.15) is 17.2 Å². The molecule has 5 heteroatoms. The van der Waals surface area contributed by atoms with Gasteiger partial charge in [-0.2, -0.15) is 0 Å². The average molecular weight is 285 g/mol. The van der Waals surface area contributed by atoms with Crippen LogP contribution < -0.4 is 5.32 Å². The highest BCUT2D eigenvalue weighted by atomic mass is 19.1. The van der Waals surface area contributed by atoms with Gasteiger partial charge in [-0.25, -0.2) is 13.6 Å². The standard InChI is InChI=1S/C15H21F2NO2/c1-5-12(18-14(19)20-15(2,3)4)9-10-8-11(16)6-7-13(10)17/h6-8,12H,5,9H2,1-4H3,(H,18,19). The molecule has 1 rings (SSSR count). The first kappa shape index (κ1) is 16.4. The number of halogens is 2. The highest BCUT2D eigenvalue weighted by molar-refractivity contribution is 5.68. The topological polar surface area (TPSA) is 38.3 Å². The van der Waals surface area contributed by atoms with Crippen molar-refractivity contribution in [3.8, 4) is 0 Å². The van der Waals surface area contributed by atoms with Gasteiger partial charge in [0.25, 0.3) is 0 Å². The molecule has 0 spiro atoms. The molecule has 3 nitrogen and oxygen atoms in total. The summed E-state index contributed by atoms with van der Waals surface area (Å²) in [6.07, 6.45) is 0.260. The summed E-state index contributed by atoms with van der Waals surface area (Å²) in [6, 6.07) is 3.00. The molecule has 1 unspecified atom stereocenters. The van der Waals surface area contributed by atoms with E-state index in [0.717, 1.165) is 18.2 Å². The summed E-state index contributed by atoms with van der Waals surface area (Å²) >= 11 is 0. The first-order valence-electron chi connectivity index (χ1n) is 6.64. The number of alkyl carbamates (subject to hydrolysis) is 1. The van der Waals surface area contributed by atoms with Gasteiger partial charge >= 0.3 is 6.09 Å². The highest BCUT2D eigenvalue weighted by Gasteiger charge is 2.19. The van der Waals surface area contributed by atoms with Crippen LogP contribution in [0.15, 0.2) is 18.2 Å². The van der Waals surface area contributed by atoms with E-state index in [1.54, 1.807) is 20.8 Å². The minimum absolute atomic E-state index is 0.222. The van der Waals surface area contributed by atoms with Gasteiger partial charge in [0, 0.05) is 6.04 Å². The normalized spacial score (nSPS) is 12.9. The summed E-state index contributed by atoms with van der Waals surface area (Å²) in [4.78, 5) is 11.7. The molecular weight excluding hydrogens is 264 g/mol. The molecule has 20 heavy (non-hydrogen) atoms. The van der Waals surface area contributed by atoms with E-state index in [1.165, 1.54) is 0 Å². The minimum atomic E-state index is -0.591. The van der Waals surface area contributed by atoms with Crippen LogP contribution in [0.2, 0.25) is 0 Å². The molecule has 112 valence electrons. The number of benzene rings is 1. The Balaban J connectivity index is 2.68. The lowest BCUT2D eigenvalue weighted by Gasteiger charge is -2.23. The van der Waals surface area contributed by atoms with Gasteiger partial charge in [-0.15, -0.1) is 0 Å². The molecule has 0 saturated carbocycles. The lowest BCUT2D eigenvalue weighted by molar-refractivity contribution is 0.0502. The first-order chi connectivity index (χ1) is 9.21. The second-order valence-electron chi connectivity index (χ2n) is 5.69. The van der Waals surface area contributed by atoms with Gasteiger partial charge in [-0.05, 0) is 57.4 Å². The molecular formula is C15H21F2NO2. The van der Waals surface area contributed by atoms with Crippen LogP contribution in [-0.4, -0.2) is 17.7 Å². The van der Waals surface area contributed by atoms with Crippen LogP contribution in [0.5, 0.6) is 0 Å². The third-order valence-electron chi connectivity index (χ3n) is 2.69. The molecule has 0 aliphatic heterocycles. The number of rotatable bonds is 4. The van der Waals surface area contributed by atoms with Crippen LogP contribution in [0.1, 0.15) is 39.7 Å². The van der Waals surface area contributed by atoms with Crippen LogP contribution in [0.3, 0.4) is 0 Å². The van der Waals surface area contributed by atoms with Crippen molar-refractivity contribution in [1.82, 2.24) is 5.32 Å². The third-order valence-corrected chi connectivity index (χ3v) is 2.69. The molecule has 0 bridgehead atoms. The fourth-order valence-corrected chi connectivity index (χ4v) is 1.74. The highest BCUT2D eigenvalue weighted by Crippen LogP contribution is 2.14. The predicted octanol–water partition coefficient (Wildman–Crippen LogP) is 3.81. The number of hydrogen-bond donors (Lipinski definition) is 1. The summed E-state index contributed by atoms with van der Waals surface area (Å²) < 4.78 is 31.8. The van der Waals surface area contributed by atoms with Gasteiger partial charge in [0.15, 0.2) is 0 Å². The van der Waals surface area contributed by atoms with Gasteiger partial charge in [-0.1, -0.05) is 6.92 Å². The Hall–Kier alpha value is -1.65. The zero-order chi connectivity index (χ0) is 15.3. The fourth-order valence-electron chi connectivity index (χ4n) is 1.74. The van der Waals surface area contributed by atoms with Crippen LogP contribution in [-0.2, 0) is 11.2 Å². The van der Waals surface area contributed by atoms with Crippen molar-refractivity contribution >= 4 is 6.09 Å². The van der Waals surface area contributed by atoms with E-state index in [2.05, 4.69) is 5.32 Å². The Morgan fingerprint density at radius 1 is 1.35 bits per heavy atom. The van der Waals surface area contributed by atoms with Crippen molar-refractivity contribution in [3.63, 3.8) is 0 Å². The maximum Gasteiger partial charge on any atom is 0.407 e. The molecule has 1 aromatic carbocycles. The van der Waals surface area contributed by atoms with E-state index < -0.39 is 23.3 Å². The summed E-state index contributed by atoms with van der Waals surface area (Å²) in [5.74, 6) is -0.968. The smallest absolute Gasteiger partial charge is 0.407 e. The number of hydrogen-bond acceptors (Lipinski definition) is 2. The van der Waals surface area contributed by atoms with E-state index in [9.17, 15) is 13.6 Å². The lowest BCUT2D eigenvalue weighted by atomic mass is 10.0. The van der Waals surface area contributed by atoms with Crippen LogP contribution >= 0.6 is 0 Å². The SMILES string of the molecule is CCC(Cc1cc(F)ccc1F)NC(=O)OC(C)(C)C. The largest absolute Gasteiger partial charge is 0.444 e. The summed E-state index contributed by atoms with van der Waals surface area (Å²) in [6.45, 7) is 7.15. The minimum Gasteiger partial charge on any atom is -0.444 e. The van der Waals surface area contributed by atoms with Gasteiger partial charge < -0.3 is 10.1 Å². The number of amides is 1. The molecule has 1 atom stereocenters. The van der Waals surface area contributed by atoms with E-state index in [4.69, 9.17) is 4.74 Å². The number of nitrogens with one attached hydrogen (secondary N) is 1. The monoisotopic (exact) mass is 285 g/mol.